The van der Waals surface area contributed by atoms with Crippen molar-refractivity contribution in [3.05, 3.63) is 72.8 Å². The summed E-state index contributed by atoms with van der Waals surface area (Å²) in [4.78, 5) is 0. The lowest BCUT2D eigenvalue weighted by molar-refractivity contribution is 0.604. The molecule has 1 heteroatoms. The maximum atomic E-state index is 3.80. The van der Waals surface area contributed by atoms with Gasteiger partial charge in [-0.2, -0.15) is 0 Å². The molecule has 0 spiro atoms. The van der Waals surface area contributed by atoms with Crippen molar-refractivity contribution in [3.63, 3.8) is 0 Å². The first kappa shape index (κ1) is 12.6. The molecule has 0 aliphatic rings. The van der Waals surface area contributed by atoms with Gasteiger partial charge in [-0.15, -0.1) is 6.58 Å². The Kier molecular flexibility index (Phi) is 4.32. The zero-order valence-electron chi connectivity index (χ0n) is 10.8. The van der Waals surface area contributed by atoms with E-state index in [1.807, 2.05) is 19.2 Å². The van der Waals surface area contributed by atoms with Crippen molar-refractivity contribution in [2.45, 2.75) is 12.5 Å². The Balaban J connectivity index is 2.22. The number of rotatable bonds is 5. The summed E-state index contributed by atoms with van der Waals surface area (Å²) in [6.07, 6.45) is 2.90. The molecule has 2 rings (SSSR count). The maximum Gasteiger partial charge on any atom is 0.0352 e. The first-order valence-electron chi connectivity index (χ1n) is 6.28. The summed E-state index contributed by atoms with van der Waals surface area (Å²) in [5.74, 6) is 0. The third kappa shape index (κ3) is 2.88. The molecule has 2 aromatic rings. The van der Waals surface area contributed by atoms with Crippen molar-refractivity contribution in [1.82, 2.24) is 5.32 Å². The van der Waals surface area contributed by atoms with Crippen LogP contribution in [0.15, 0.2) is 67.3 Å². The Hall–Kier alpha value is -1.86. The van der Waals surface area contributed by atoms with E-state index < -0.39 is 0 Å². The minimum Gasteiger partial charge on any atom is -0.313 e. The van der Waals surface area contributed by atoms with Gasteiger partial charge in [0, 0.05) is 6.04 Å². The summed E-state index contributed by atoms with van der Waals surface area (Å²) in [5.41, 5.74) is 3.82. The van der Waals surface area contributed by atoms with Crippen LogP contribution >= 0.6 is 0 Å². The number of hydrogen-bond donors (Lipinski definition) is 1. The second-order valence-electron chi connectivity index (χ2n) is 4.35. The normalized spacial score (nSPS) is 12.1. The van der Waals surface area contributed by atoms with Gasteiger partial charge in [-0.1, -0.05) is 60.7 Å². The Morgan fingerprint density at radius 3 is 2.17 bits per heavy atom. The molecular formula is C17H19N. The molecule has 1 unspecified atom stereocenters. The van der Waals surface area contributed by atoms with Gasteiger partial charge in [0.1, 0.15) is 0 Å². The number of hydrogen-bond acceptors (Lipinski definition) is 1. The highest BCUT2D eigenvalue weighted by Crippen LogP contribution is 2.23. The van der Waals surface area contributed by atoms with Crippen molar-refractivity contribution in [2.24, 2.45) is 0 Å². The molecule has 0 bridgehead atoms. The topological polar surface area (TPSA) is 12.0 Å². The van der Waals surface area contributed by atoms with Crippen LogP contribution in [-0.4, -0.2) is 7.05 Å². The molecule has 1 N–H and O–H groups in total. The summed E-state index contributed by atoms with van der Waals surface area (Å²) < 4.78 is 0. The van der Waals surface area contributed by atoms with Crippen molar-refractivity contribution in [2.75, 3.05) is 7.05 Å². The summed E-state index contributed by atoms with van der Waals surface area (Å²) >= 11 is 0. The molecule has 0 heterocycles. The van der Waals surface area contributed by atoms with Crippen LogP contribution in [-0.2, 0) is 0 Å². The molecule has 18 heavy (non-hydrogen) atoms. The van der Waals surface area contributed by atoms with Crippen LogP contribution < -0.4 is 5.32 Å². The average molecular weight is 237 g/mol. The van der Waals surface area contributed by atoms with E-state index in [2.05, 4.69) is 60.4 Å². The Labute approximate surface area is 109 Å². The molecule has 0 amide bonds. The van der Waals surface area contributed by atoms with Gasteiger partial charge in [0.25, 0.3) is 0 Å². The highest BCUT2D eigenvalue weighted by Gasteiger charge is 2.06. The molecule has 0 radical (unpaired) electrons. The van der Waals surface area contributed by atoms with Crippen molar-refractivity contribution in [1.29, 1.82) is 0 Å². The second kappa shape index (κ2) is 6.18. The molecule has 0 aromatic heterocycles. The molecule has 0 saturated carbocycles. The average Bonchev–Trinajstić information content (AvgIpc) is 2.46. The minimum atomic E-state index is 0.354. The highest BCUT2D eigenvalue weighted by molar-refractivity contribution is 5.63. The van der Waals surface area contributed by atoms with E-state index in [1.54, 1.807) is 0 Å². The predicted octanol–water partition coefficient (Wildman–Crippen LogP) is 4.19. The van der Waals surface area contributed by atoms with Crippen LogP contribution in [0.3, 0.4) is 0 Å². The largest absolute Gasteiger partial charge is 0.313 e. The fourth-order valence-electron chi connectivity index (χ4n) is 2.13. The minimum absolute atomic E-state index is 0.354. The van der Waals surface area contributed by atoms with E-state index in [-0.39, 0.29) is 0 Å². The summed E-state index contributed by atoms with van der Waals surface area (Å²) in [5, 5.41) is 3.31. The molecule has 92 valence electrons. The third-order valence-electron chi connectivity index (χ3n) is 3.17. The van der Waals surface area contributed by atoms with E-state index in [1.165, 1.54) is 16.7 Å². The van der Waals surface area contributed by atoms with E-state index in [0.29, 0.717) is 6.04 Å². The first-order valence-corrected chi connectivity index (χ1v) is 6.28. The summed E-state index contributed by atoms with van der Waals surface area (Å²) in [6, 6.07) is 19.5. The number of nitrogens with one attached hydrogen (secondary N) is 1. The van der Waals surface area contributed by atoms with Gasteiger partial charge in [-0.3, -0.25) is 0 Å². The standard InChI is InChI=1S/C17H19N/c1-3-7-17(18-2)16-12-10-15(11-13-16)14-8-5-4-6-9-14/h3-6,8-13,17-18H,1,7H2,2H3. The van der Waals surface area contributed by atoms with Crippen LogP contribution in [0.4, 0.5) is 0 Å². The molecular weight excluding hydrogens is 218 g/mol. The lowest BCUT2D eigenvalue weighted by Gasteiger charge is -2.15. The van der Waals surface area contributed by atoms with E-state index >= 15 is 0 Å². The van der Waals surface area contributed by atoms with E-state index in [4.69, 9.17) is 0 Å². The second-order valence-corrected chi connectivity index (χ2v) is 4.35. The SMILES string of the molecule is C=CCC(NC)c1ccc(-c2ccccc2)cc1. The maximum absolute atomic E-state index is 3.80. The van der Waals surface area contributed by atoms with Gasteiger partial charge in [-0.25, -0.2) is 0 Å². The van der Waals surface area contributed by atoms with Crippen molar-refractivity contribution < 1.29 is 0 Å². The van der Waals surface area contributed by atoms with Crippen LogP contribution in [0.5, 0.6) is 0 Å². The molecule has 1 nitrogen and oxygen atoms in total. The molecule has 0 aliphatic heterocycles. The quantitative estimate of drug-likeness (QED) is 0.769. The van der Waals surface area contributed by atoms with E-state index in [9.17, 15) is 0 Å². The smallest absolute Gasteiger partial charge is 0.0352 e. The molecule has 0 fully saturated rings. The lowest BCUT2D eigenvalue weighted by atomic mass is 9.99. The fourth-order valence-corrected chi connectivity index (χ4v) is 2.13. The van der Waals surface area contributed by atoms with Gasteiger partial charge in [0.2, 0.25) is 0 Å². The van der Waals surface area contributed by atoms with Gasteiger partial charge in [0.05, 0.1) is 0 Å². The third-order valence-corrected chi connectivity index (χ3v) is 3.17. The first-order chi connectivity index (χ1) is 8.85. The monoisotopic (exact) mass is 237 g/mol. The lowest BCUT2D eigenvalue weighted by Crippen LogP contribution is -2.15. The van der Waals surface area contributed by atoms with Gasteiger partial charge in [-0.05, 0) is 30.2 Å². The van der Waals surface area contributed by atoms with Crippen LogP contribution in [0.25, 0.3) is 11.1 Å². The highest BCUT2D eigenvalue weighted by atomic mass is 14.9. The Bertz CT molecular complexity index is 485. The molecule has 0 saturated heterocycles. The summed E-state index contributed by atoms with van der Waals surface area (Å²) in [7, 11) is 1.99. The van der Waals surface area contributed by atoms with Crippen LogP contribution in [0.1, 0.15) is 18.0 Å². The zero-order chi connectivity index (χ0) is 12.8. The van der Waals surface area contributed by atoms with E-state index in [0.717, 1.165) is 6.42 Å². The Morgan fingerprint density at radius 1 is 1.00 bits per heavy atom. The Morgan fingerprint density at radius 2 is 1.61 bits per heavy atom. The van der Waals surface area contributed by atoms with Gasteiger partial charge in [0.15, 0.2) is 0 Å². The molecule has 0 aliphatic carbocycles. The number of benzene rings is 2. The summed E-state index contributed by atoms with van der Waals surface area (Å²) in [6.45, 7) is 3.80. The fraction of sp³-hybridized carbons (Fsp3) is 0.176. The zero-order valence-corrected chi connectivity index (χ0v) is 10.8. The van der Waals surface area contributed by atoms with Gasteiger partial charge < -0.3 is 5.32 Å². The van der Waals surface area contributed by atoms with Crippen LogP contribution in [0.2, 0.25) is 0 Å². The van der Waals surface area contributed by atoms with Crippen molar-refractivity contribution in [3.8, 4) is 11.1 Å². The molecule has 1 atom stereocenters. The van der Waals surface area contributed by atoms with Crippen molar-refractivity contribution >= 4 is 0 Å². The predicted molar refractivity (Wildman–Crippen MR) is 78.5 cm³/mol. The van der Waals surface area contributed by atoms with Crippen LogP contribution in [0, 0.1) is 0 Å². The molecule has 2 aromatic carbocycles. The van der Waals surface area contributed by atoms with Gasteiger partial charge >= 0.3 is 0 Å².